The highest BCUT2D eigenvalue weighted by Crippen LogP contribution is 2.37. The number of thiophene rings is 1. The first-order valence-electron chi connectivity index (χ1n) is 5.86. The topological polar surface area (TPSA) is 83.6 Å². The molecule has 1 amide bonds. The van der Waals surface area contributed by atoms with Gasteiger partial charge in [0.15, 0.2) is 11.5 Å². The maximum atomic E-state index is 11.4. The largest absolute Gasteiger partial charge is 0.504 e. The van der Waals surface area contributed by atoms with E-state index in [2.05, 4.69) is 0 Å². The van der Waals surface area contributed by atoms with Gasteiger partial charge in [-0.25, -0.2) is 0 Å². The number of carbonyl (C=O) groups is 1. The summed E-state index contributed by atoms with van der Waals surface area (Å²) in [7, 11) is 0. The van der Waals surface area contributed by atoms with Crippen molar-refractivity contribution in [2.24, 2.45) is 5.73 Å². The maximum Gasteiger partial charge on any atom is 0.259 e. The third kappa shape index (κ3) is 2.56. The molecular weight excluding hydrogens is 262 g/mol. The molecule has 0 atom stereocenters. The Hall–Kier alpha value is -2.01. The Kier molecular flexibility index (Phi) is 3.48. The highest BCUT2D eigenvalue weighted by atomic mass is 32.1. The van der Waals surface area contributed by atoms with Crippen LogP contribution in [0.25, 0.3) is 10.4 Å². The molecule has 4 N–H and O–H groups in total. The minimum absolute atomic E-state index is 0.167. The van der Waals surface area contributed by atoms with E-state index in [1.54, 1.807) is 6.07 Å². The summed E-state index contributed by atoms with van der Waals surface area (Å²) in [5.74, 6) is -0.599. The van der Waals surface area contributed by atoms with Crippen molar-refractivity contribution < 1.29 is 15.0 Å². The van der Waals surface area contributed by atoms with E-state index < -0.39 is 5.91 Å². The molecule has 0 aliphatic heterocycles. The number of benzene rings is 1. The van der Waals surface area contributed by atoms with E-state index in [1.165, 1.54) is 23.5 Å². The van der Waals surface area contributed by atoms with Crippen molar-refractivity contribution in [3.8, 4) is 21.9 Å². The zero-order valence-corrected chi connectivity index (χ0v) is 11.5. The second-order valence-corrected chi connectivity index (χ2v) is 5.67. The van der Waals surface area contributed by atoms with Gasteiger partial charge < -0.3 is 15.9 Å². The summed E-state index contributed by atoms with van der Waals surface area (Å²) in [6.07, 6.45) is 0. The molecule has 1 heterocycles. The normalized spacial score (nSPS) is 10.9. The maximum absolute atomic E-state index is 11.4. The van der Waals surface area contributed by atoms with E-state index in [-0.39, 0.29) is 17.4 Å². The SMILES string of the molecule is CC(C)c1cc(-c2ccc(O)c(O)c2)sc1C(N)=O. The first-order valence-corrected chi connectivity index (χ1v) is 6.67. The lowest BCUT2D eigenvalue weighted by Crippen LogP contribution is -2.11. The Morgan fingerprint density at radius 2 is 1.89 bits per heavy atom. The number of rotatable bonds is 3. The minimum Gasteiger partial charge on any atom is -0.504 e. The summed E-state index contributed by atoms with van der Waals surface area (Å²) in [6.45, 7) is 3.99. The highest BCUT2D eigenvalue weighted by Gasteiger charge is 2.17. The fourth-order valence-electron chi connectivity index (χ4n) is 1.85. The number of amides is 1. The van der Waals surface area contributed by atoms with Gasteiger partial charge in [-0.1, -0.05) is 13.8 Å². The van der Waals surface area contributed by atoms with Crippen molar-refractivity contribution in [3.05, 3.63) is 34.7 Å². The summed E-state index contributed by atoms with van der Waals surface area (Å²) < 4.78 is 0. The van der Waals surface area contributed by atoms with Crippen LogP contribution in [0.15, 0.2) is 24.3 Å². The third-order valence-corrected chi connectivity index (χ3v) is 4.08. The summed E-state index contributed by atoms with van der Waals surface area (Å²) in [4.78, 5) is 12.8. The molecular formula is C14H15NO3S. The number of phenolic OH excluding ortho intramolecular Hbond substituents is 2. The van der Waals surface area contributed by atoms with Gasteiger partial charge >= 0.3 is 0 Å². The fourth-order valence-corrected chi connectivity index (χ4v) is 3.01. The standard InChI is InChI=1S/C14H15NO3S/c1-7(2)9-6-12(19-13(9)14(15)18)8-3-4-10(16)11(17)5-8/h3-7,16-17H,1-2H3,(H2,15,18). The Morgan fingerprint density at radius 3 is 2.37 bits per heavy atom. The average molecular weight is 277 g/mol. The zero-order valence-electron chi connectivity index (χ0n) is 10.7. The van der Waals surface area contributed by atoms with E-state index in [4.69, 9.17) is 5.73 Å². The van der Waals surface area contributed by atoms with Gasteiger partial charge in [-0.3, -0.25) is 4.79 Å². The molecule has 0 unspecified atom stereocenters. The number of hydrogen-bond donors (Lipinski definition) is 3. The molecule has 0 aliphatic rings. The quantitative estimate of drug-likeness (QED) is 0.754. The van der Waals surface area contributed by atoms with Crippen LogP contribution in [0.1, 0.15) is 35.0 Å². The Morgan fingerprint density at radius 1 is 1.21 bits per heavy atom. The lowest BCUT2D eigenvalue weighted by molar-refractivity contribution is 0.100. The predicted octanol–water partition coefficient (Wildman–Crippen LogP) is 3.05. The monoisotopic (exact) mass is 277 g/mol. The molecule has 0 aliphatic carbocycles. The van der Waals surface area contributed by atoms with Crippen molar-refractivity contribution in [2.75, 3.05) is 0 Å². The van der Waals surface area contributed by atoms with Gasteiger partial charge in [-0.15, -0.1) is 11.3 Å². The summed E-state index contributed by atoms with van der Waals surface area (Å²) in [5.41, 5.74) is 7.03. The number of aromatic hydroxyl groups is 2. The molecule has 100 valence electrons. The number of primary amides is 1. The minimum atomic E-state index is -0.442. The first-order chi connectivity index (χ1) is 8.90. The molecule has 0 spiro atoms. The molecule has 2 aromatic rings. The van der Waals surface area contributed by atoms with Crippen LogP contribution >= 0.6 is 11.3 Å². The van der Waals surface area contributed by atoms with Crippen LogP contribution in [0.3, 0.4) is 0 Å². The van der Waals surface area contributed by atoms with E-state index in [1.807, 2.05) is 19.9 Å². The summed E-state index contributed by atoms with van der Waals surface area (Å²) in [5, 5.41) is 18.8. The van der Waals surface area contributed by atoms with Gasteiger partial charge in [-0.2, -0.15) is 0 Å². The van der Waals surface area contributed by atoms with Crippen LogP contribution in [-0.2, 0) is 0 Å². The lowest BCUT2D eigenvalue weighted by atomic mass is 10.0. The smallest absolute Gasteiger partial charge is 0.259 e. The first kappa shape index (κ1) is 13.4. The molecule has 1 aromatic carbocycles. The van der Waals surface area contributed by atoms with E-state index in [0.29, 0.717) is 4.88 Å². The van der Waals surface area contributed by atoms with Crippen LogP contribution in [0.5, 0.6) is 11.5 Å². The van der Waals surface area contributed by atoms with Crippen LogP contribution in [0.2, 0.25) is 0 Å². The Bertz CT molecular complexity index is 632. The predicted molar refractivity (Wildman–Crippen MR) is 75.7 cm³/mol. The van der Waals surface area contributed by atoms with Crippen molar-refractivity contribution >= 4 is 17.2 Å². The van der Waals surface area contributed by atoms with Crippen molar-refractivity contribution in [2.45, 2.75) is 19.8 Å². The molecule has 1 aromatic heterocycles. The molecule has 5 heteroatoms. The number of phenols is 2. The molecule has 4 nitrogen and oxygen atoms in total. The van der Waals surface area contributed by atoms with Gasteiger partial charge in [-0.05, 0) is 41.3 Å². The summed E-state index contributed by atoms with van der Waals surface area (Å²) >= 11 is 1.30. The summed E-state index contributed by atoms with van der Waals surface area (Å²) in [6, 6.07) is 6.48. The van der Waals surface area contributed by atoms with E-state index >= 15 is 0 Å². The van der Waals surface area contributed by atoms with Gasteiger partial charge in [0.2, 0.25) is 0 Å². The molecule has 19 heavy (non-hydrogen) atoms. The second kappa shape index (κ2) is 4.93. The lowest BCUT2D eigenvalue weighted by Gasteiger charge is -2.02. The van der Waals surface area contributed by atoms with Crippen LogP contribution in [0.4, 0.5) is 0 Å². The van der Waals surface area contributed by atoms with E-state index in [9.17, 15) is 15.0 Å². The van der Waals surface area contributed by atoms with Gasteiger partial charge in [0.25, 0.3) is 5.91 Å². The highest BCUT2D eigenvalue weighted by molar-refractivity contribution is 7.17. The van der Waals surface area contributed by atoms with Gasteiger partial charge in [0, 0.05) is 4.88 Å². The van der Waals surface area contributed by atoms with E-state index in [0.717, 1.165) is 16.0 Å². The van der Waals surface area contributed by atoms with Crippen molar-refractivity contribution in [3.63, 3.8) is 0 Å². The zero-order chi connectivity index (χ0) is 14.2. The number of hydrogen-bond acceptors (Lipinski definition) is 4. The average Bonchev–Trinajstić information content (AvgIpc) is 2.78. The Balaban J connectivity index is 2.54. The molecule has 0 saturated carbocycles. The number of carbonyl (C=O) groups excluding carboxylic acids is 1. The molecule has 0 saturated heterocycles. The van der Waals surface area contributed by atoms with Crippen molar-refractivity contribution in [1.82, 2.24) is 0 Å². The van der Waals surface area contributed by atoms with Gasteiger partial charge in [0.05, 0.1) is 4.88 Å². The van der Waals surface area contributed by atoms with Crippen LogP contribution in [0, 0.1) is 0 Å². The number of nitrogens with two attached hydrogens (primary N) is 1. The Labute approximate surface area is 115 Å². The van der Waals surface area contributed by atoms with Gasteiger partial charge in [0.1, 0.15) is 0 Å². The molecule has 0 radical (unpaired) electrons. The van der Waals surface area contributed by atoms with Crippen molar-refractivity contribution in [1.29, 1.82) is 0 Å². The molecule has 0 fully saturated rings. The fraction of sp³-hybridized carbons (Fsp3) is 0.214. The second-order valence-electron chi connectivity index (χ2n) is 4.62. The van der Waals surface area contributed by atoms with Crippen LogP contribution in [-0.4, -0.2) is 16.1 Å². The third-order valence-electron chi connectivity index (χ3n) is 2.87. The molecule has 2 rings (SSSR count). The molecule has 0 bridgehead atoms. The van der Waals surface area contributed by atoms with Crippen LogP contribution < -0.4 is 5.73 Å².